The van der Waals surface area contributed by atoms with Crippen molar-refractivity contribution < 1.29 is 9.53 Å². The lowest BCUT2D eigenvalue weighted by Gasteiger charge is -2.09. The molecule has 4 heteroatoms. The van der Waals surface area contributed by atoms with Gasteiger partial charge in [-0.2, -0.15) is 0 Å². The number of methoxy groups -OCH3 is 1. The van der Waals surface area contributed by atoms with Crippen molar-refractivity contribution in [2.75, 3.05) is 7.11 Å². The molecule has 0 N–H and O–H groups in total. The van der Waals surface area contributed by atoms with E-state index in [9.17, 15) is 9.59 Å². The summed E-state index contributed by atoms with van der Waals surface area (Å²) >= 11 is 0. The van der Waals surface area contributed by atoms with Gasteiger partial charge in [-0.1, -0.05) is 48.5 Å². The quantitative estimate of drug-likeness (QED) is 0.693. The molecule has 1 heterocycles. The van der Waals surface area contributed by atoms with Crippen molar-refractivity contribution in [2.45, 2.75) is 6.54 Å². The second kappa shape index (κ2) is 6.96. The molecule has 0 aliphatic carbocycles. The SMILES string of the molecule is COC(=O)c1cccn(Cc2cccc(-c3ccccc3)c2)c1=O. The van der Waals surface area contributed by atoms with Crippen LogP contribution in [0.1, 0.15) is 15.9 Å². The highest BCUT2D eigenvalue weighted by molar-refractivity contribution is 5.88. The van der Waals surface area contributed by atoms with Crippen LogP contribution < -0.4 is 5.56 Å². The van der Waals surface area contributed by atoms with Gasteiger partial charge in [0.2, 0.25) is 0 Å². The van der Waals surface area contributed by atoms with Crippen LogP contribution in [-0.2, 0) is 11.3 Å². The molecule has 3 aromatic rings. The second-order valence-corrected chi connectivity index (χ2v) is 5.41. The number of aromatic nitrogens is 1. The van der Waals surface area contributed by atoms with E-state index in [1.165, 1.54) is 17.7 Å². The topological polar surface area (TPSA) is 48.3 Å². The van der Waals surface area contributed by atoms with Gasteiger partial charge in [0.1, 0.15) is 5.56 Å². The number of carbonyl (C=O) groups is 1. The lowest BCUT2D eigenvalue weighted by atomic mass is 10.0. The molecule has 0 spiro atoms. The number of pyridine rings is 1. The van der Waals surface area contributed by atoms with Gasteiger partial charge in [-0.3, -0.25) is 4.79 Å². The van der Waals surface area contributed by atoms with Crippen LogP contribution in [0.4, 0.5) is 0 Å². The summed E-state index contributed by atoms with van der Waals surface area (Å²) in [5.41, 5.74) is 2.88. The average molecular weight is 319 g/mol. The first-order valence-corrected chi connectivity index (χ1v) is 7.61. The van der Waals surface area contributed by atoms with E-state index in [1.807, 2.05) is 54.6 Å². The van der Waals surface area contributed by atoms with Gasteiger partial charge in [-0.05, 0) is 34.9 Å². The van der Waals surface area contributed by atoms with E-state index >= 15 is 0 Å². The number of nitrogens with zero attached hydrogens (tertiary/aromatic N) is 1. The third kappa shape index (κ3) is 3.27. The van der Waals surface area contributed by atoms with E-state index in [-0.39, 0.29) is 11.1 Å². The molecule has 0 bridgehead atoms. The Balaban J connectivity index is 1.93. The summed E-state index contributed by atoms with van der Waals surface area (Å²) in [5, 5.41) is 0. The zero-order valence-corrected chi connectivity index (χ0v) is 13.3. The van der Waals surface area contributed by atoms with Gasteiger partial charge in [0.15, 0.2) is 0 Å². The molecule has 3 rings (SSSR count). The molecule has 120 valence electrons. The highest BCUT2D eigenvalue weighted by Crippen LogP contribution is 2.20. The van der Waals surface area contributed by atoms with Crippen LogP contribution in [0.5, 0.6) is 0 Å². The summed E-state index contributed by atoms with van der Waals surface area (Å²) in [7, 11) is 1.27. The van der Waals surface area contributed by atoms with E-state index in [2.05, 4.69) is 4.74 Å². The Morgan fingerprint density at radius 3 is 2.46 bits per heavy atom. The summed E-state index contributed by atoms with van der Waals surface area (Å²) in [6.07, 6.45) is 1.67. The van der Waals surface area contributed by atoms with Crippen LogP contribution >= 0.6 is 0 Å². The van der Waals surface area contributed by atoms with Gasteiger partial charge in [0, 0.05) is 6.20 Å². The van der Waals surface area contributed by atoms with Crippen molar-refractivity contribution in [3.63, 3.8) is 0 Å². The molecule has 0 unspecified atom stereocenters. The predicted molar refractivity (Wildman–Crippen MR) is 93.0 cm³/mol. The average Bonchev–Trinajstić information content (AvgIpc) is 2.64. The van der Waals surface area contributed by atoms with Crippen molar-refractivity contribution in [1.82, 2.24) is 4.57 Å². The number of benzene rings is 2. The minimum Gasteiger partial charge on any atom is -0.465 e. The standard InChI is InChI=1S/C20H17NO3/c1-24-20(23)18-11-6-12-21(19(18)22)14-15-7-5-10-17(13-15)16-8-3-2-4-9-16/h2-13H,14H2,1H3. The third-order valence-electron chi connectivity index (χ3n) is 3.81. The molecule has 0 atom stereocenters. The Morgan fingerprint density at radius 1 is 0.958 bits per heavy atom. The van der Waals surface area contributed by atoms with Gasteiger partial charge < -0.3 is 9.30 Å². The van der Waals surface area contributed by atoms with Crippen molar-refractivity contribution in [1.29, 1.82) is 0 Å². The van der Waals surface area contributed by atoms with Crippen molar-refractivity contribution in [3.8, 4) is 11.1 Å². The lowest BCUT2D eigenvalue weighted by Crippen LogP contribution is -2.26. The molecule has 0 aliphatic heterocycles. The number of hydrogen-bond donors (Lipinski definition) is 0. The summed E-state index contributed by atoms with van der Waals surface area (Å²) in [4.78, 5) is 24.0. The Hall–Kier alpha value is -3.14. The van der Waals surface area contributed by atoms with Gasteiger partial charge in [-0.25, -0.2) is 4.79 Å². The molecule has 0 saturated carbocycles. The molecule has 1 aromatic heterocycles. The fraction of sp³-hybridized carbons (Fsp3) is 0.100. The Labute approximate surface area is 140 Å². The maximum atomic E-state index is 12.4. The lowest BCUT2D eigenvalue weighted by molar-refractivity contribution is 0.0598. The van der Waals surface area contributed by atoms with Crippen molar-refractivity contribution in [2.24, 2.45) is 0 Å². The van der Waals surface area contributed by atoms with Gasteiger partial charge >= 0.3 is 5.97 Å². The molecule has 2 aromatic carbocycles. The molecule has 0 radical (unpaired) electrons. The number of carbonyl (C=O) groups excluding carboxylic acids is 1. The van der Waals surface area contributed by atoms with E-state index in [0.717, 1.165) is 16.7 Å². The van der Waals surface area contributed by atoms with Gasteiger partial charge in [-0.15, -0.1) is 0 Å². The molecule has 4 nitrogen and oxygen atoms in total. The minimum absolute atomic E-state index is 0.0409. The molecule has 0 fully saturated rings. The Kier molecular flexibility index (Phi) is 4.57. The van der Waals surface area contributed by atoms with Crippen LogP contribution in [0.15, 0.2) is 77.7 Å². The second-order valence-electron chi connectivity index (χ2n) is 5.41. The van der Waals surface area contributed by atoms with E-state index < -0.39 is 5.97 Å². The summed E-state index contributed by atoms with van der Waals surface area (Å²) in [6.45, 7) is 0.393. The van der Waals surface area contributed by atoms with E-state index in [1.54, 1.807) is 12.3 Å². The molecular formula is C20H17NO3. The Morgan fingerprint density at radius 2 is 1.71 bits per heavy atom. The maximum Gasteiger partial charge on any atom is 0.343 e. The molecule has 0 amide bonds. The summed E-state index contributed by atoms with van der Waals surface area (Å²) in [5.74, 6) is -0.618. The number of rotatable bonds is 4. The van der Waals surface area contributed by atoms with Crippen LogP contribution in [0.3, 0.4) is 0 Å². The molecule has 24 heavy (non-hydrogen) atoms. The fourth-order valence-corrected chi connectivity index (χ4v) is 2.60. The highest BCUT2D eigenvalue weighted by Gasteiger charge is 2.12. The van der Waals surface area contributed by atoms with Crippen LogP contribution in [0, 0.1) is 0 Å². The first kappa shape index (κ1) is 15.7. The third-order valence-corrected chi connectivity index (χ3v) is 3.81. The number of hydrogen-bond acceptors (Lipinski definition) is 3. The minimum atomic E-state index is -0.618. The van der Waals surface area contributed by atoms with Crippen molar-refractivity contribution >= 4 is 5.97 Å². The largest absolute Gasteiger partial charge is 0.465 e. The maximum absolute atomic E-state index is 12.4. The number of ether oxygens (including phenoxy) is 1. The van der Waals surface area contributed by atoms with Gasteiger partial charge in [0.05, 0.1) is 13.7 Å². The number of esters is 1. The predicted octanol–water partition coefficient (Wildman–Crippen LogP) is 3.35. The zero-order chi connectivity index (χ0) is 16.9. The van der Waals surface area contributed by atoms with Crippen LogP contribution in [0.2, 0.25) is 0 Å². The van der Waals surface area contributed by atoms with Gasteiger partial charge in [0.25, 0.3) is 5.56 Å². The first-order chi connectivity index (χ1) is 11.7. The van der Waals surface area contributed by atoms with Crippen LogP contribution in [-0.4, -0.2) is 17.6 Å². The smallest absolute Gasteiger partial charge is 0.343 e. The monoisotopic (exact) mass is 319 g/mol. The van der Waals surface area contributed by atoms with E-state index in [4.69, 9.17) is 0 Å². The first-order valence-electron chi connectivity index (χ1n) is 7.61. The normalized spacial score (nSPS) is 10.4. The van der Waals surface area contributed by atoms with E-state index in [0.29, 0.717) is 6.54 Å². The van der Waals surface area contributed by atoms with Crippen molar-refractivity contribution in [3.05, 3.63) is 94.4 Å². The molecule has 0 aliphatic rings. The summed E-state index contributed by atoms with van der Waals surface area (Å²) in [6, 6.07) is 21.2. The molecule has 0 saturated heterocycles. The molecular weight excluding hydrogens is 302 g/mol. The highest BCUT2D eigenvalue weighted by atomic mass is 16.5. The Bertz CT molecular complexity index is 913. The fourth-order valence-electron chi connectivity index (χ4n) is 2.60. The zero-order valence-electron chi connectivity index (χ0n) is 13.3. The van der Waals surface area contributed by atoms with Crippen LogP contribution in [0.25, 0.3) is 11.1 Å². The summed E-state index contributed by atoms with van der Waals surface area (Å²) < 4.78 is 6.16.